The van der Waals surface area contributed by atoms with Crippen LogP contribution >= 0.6 is 40.4 Å². The number of halogens is 1. The number of benzene rings is 3. The van der Waals surface area contributed by atoms with Crippen molar-refractivity contribution in [2.45, 2.75) is 0 Å². The average molecular weight is 539 g/mol. The lowest BCUT2D eigenvalue weighted by molar-refractivity contribution is 0.415. The fourth-order valence-corrected chi connectivity index (χ4v) is 3.69. The van der Waals surface area contributed by atoms with Gasteiger partial charge in [-0.05, 0) is 73.0 Å². The van der Waals surface area contributed by atoms with Crippen LogP contribution in [-0.4, -0.2) is 26.8 Å². The molecule has 0 aliphatic rings. The molecule has 1 heterocycles. The minimum absolute atomic E-state index is 0.351. The van der Waals surface area contributed by atoms with Gasteiger partial charge in [-0.1, -0.05) is 46.3 Å². The molecule has 1 aromatic heterocycles. The van der Waals surface area contributed by atoms with Gasteiger partial charge in [0.05, 0.1) is 12.8 Å². The zero-order chi connectivity index (χ0) is 23.2. The number of ether oxygens (including phenoxy) is 1. The van der Waals surface area contributed by atoms with E-state index in [1.165, 1.54) is 0 Å². The SMILES string of the molecule is COc1ccc(NC(=S)NNc2nc(-c3ccccc3)nc(=S)n2-c2ccc(Br)cc2)cc1. The molecule has 166 valence electrons. The van der Waals surface area contributed by atoms with Gasteiger partial charge in [0, 0.05) is 15.7 Å². The Morgan fingerprint density at radius 3 is 2.30 bits per heavy atom. The van der Waals surface area contributed by atoms with E-state index in [2.05, 4.69) is 37.1 Å². The molecule has 0 bridgehead atoms. The lowest BCUT2D eigenvalue weighted by Crippen LogP contribution is -2.35. The lowest BCUT2D eigenvalue weighted by Gasteiger charge is -2.17. The standard InChI is InChI=1S/C23H19BrN6OS2/c1-31-19-13-9-17(10-14-19)25-22(32)29-28-21-26-20(15-5-3-2-4-6-15)27-23(33)30(21)18-11-7-16(24)8-12-18/h2-14H,1H3,(H2,25,29,32)(H,26,27,28,33). The Morgan fingerprint density at radius 2 is 1.64 bits per heavy atom. The third kappa shape index (κ3) is 5.72. The summed E-state index contributed by atoms with van der Waals surface area (Å²) in [5, 5.41) is 3.46. The number of hydrazine groups is 1. The highest BCUT2D eigenvalue weighted by molar-refractivity contribution is 9.10. The van der Waals surface area contributed by atoms with Crippen molar-refractivity contribution in [2.24, 2.45) is 0 Å². The molecule has 0 spiro atoms. The monoisotopic (exact) mass is 538 g/mol. The van der Waals surface area contributed by atoms with Crippen LogP contribution in [0.15, 0.2) is 83.3 Å². The number of thiocarbonyl (C=S) groups is 1. The molecule has 0 aliphatic carbocycles. The minimum atomic E-state index is 0.351. The second-order valence-electron chi connectivity index (χ2n) is 6.76. The smallest absolute Gasteiger partial charge is 0.230 e. The first-order valence-corrected chi connectivity index (χ1v) is 11.4. The Bertz CT molecular complexity index is 1310. The van der Waals surface area contributed by atoms with Crippen molar-refractivity contribution in [3.63, 3.8) is 0 Å². The maximum Gasteiger partial charge on any atom is 0.230 e. The predicted molar refractivity (Wildman–Crippen MR) is 141 cm³/mol. The summed E-state index contributed by atoms with van der Waals surface area (Å²) in [6.45, 7) is 0. The molecule has 0 aliphatic heterocycles. The van der Waals surface area contributed by atoms with Crippen LogP contribution < -0.4 is 20.9 Å². The van der Waals surface area contributed by atoms with E-state index in [0.717, 1.165) is 27.2 Å². The average Bonchev–Trinajstić information content (AvgIpc) is 2.84. The van der Waals surface area contributed by atoms with Crippen LogP contribution in [0.25, 0.3) is 17.1 Å². The molecule has 0 atom stereocenters. The van der Waals surface area contributed by atoms with E-state index in [0.29, 0.717) is 21.7 Å². The molecule has 7 nitrogen and oxygen atoms in total. The Hall–Kier alpha value is -3.34. The van der Waals surface area contributed by atoms with Crippen molar-refractivity contribution in [2.75, 3.05) is 17.9 Å². The summed E-state index contributed by atoms with van der Waals surface area (Å²) in [5.41, 5.74) is 8.53. The molecule has 4 rings (SSSR count). The molecule has 0 fully saturated rings. The highest BCUT2D eigenvalue weighted by Crippen LogP contribution is 2.21. The normalized spacial score (nSPS) is 10.4. The van der Waals surface area contributed by atoms with Gasteiger partial charge in [-0.2, -0.15) is 9.97 Å². The van der Waals surface area contributed by atoms with Crippen LogP contribution in [0.1, 0.15) is 0 Å². The Morgan fingerprint density at radius 1 is 0.939 bits per heavy atom. The van der Waals surface area contributed by atoms with Gasteiger partial charge in [-0.25, -0.2) is 0 Å². The predicted octanol–water partition coefficient (Wildman–Crippen LogP) is 5.75. The summed E-state index contributed by atoms with van der Waals surface area (Å²) in [4.78, 5) is 9.24. The van der Waals surface area contributed by atoms with Gasteiger partial charge in [-0.3, -0.25) is 15.4 Å². The van der Waals surface area contributed by atoms with E-state index in [-0.39, 0.29) is 0 Å². The van der Waals surface area contributed by atoms with Gasteiger partial charge < -0.3 is 10.1 Å². The summed E-state index contributed by atoms with van der Waals surface area (Å²) in [5.74, 6) is 1.71. The maximum absolute atomic E-state index is 5.62. The van der Waals surface area contributed by atoms with Crippen LogP contribution in [0.5, 0.6) is 5.75 Å². The van der Waals surface area contributed by atoms with E-state index in [1.54, 1.807) is 11.7 Å². The summed E-state index contributed by atoms with van der Waals surface area (Å²) in [6.07, 6.45) is 0. The molecule has 0 saturated heterocycles. The first kappa shape index (κ1) is 22.8. The highest BCUT2D eigenvalue weighted by Gasteiger charge is 2.12. The molecule has 0 amide bonds. The van der Waals surface area contributed by atoms with Crippen LogP contribution in [0.3, 0.4) is 0 Å². The minimum Gasteiger partial charge on any atom is -0.497 e. The van der Waals surface area contributed by atoms with E-state index >= 15 is 0 Å². The van der Waals surface area contributed by atoms with Crippen LogP contribution in [0.4, 0.5) is 11.6 Å². The van der Waals surface area contributed by atoms with Gasteiger partial charge in [0.25, 0.3) is 0 Å². The van der Waals surface area contributed by atoms with Crippen molar-refractivity contribution < 1.29 is 4.74 Å². The number of methoxy groups -OCH3 is 1. The third-order valence-electron chi connectivity index (χ3n) is 4.57. The second-order valence-corrected chi connectivity index (χ2v) is 8.45. The Kier molecular flexibility index (Phi) is 7.28. The Labute approximate surface area is 210 Å². The quantitative estimate of drug-likeness (QED) is 0.211. The van der Waals surface area contributed by atoms with Crippen LogP contribution in [-0.2, 0) is 0 Å². The van der Waals surface area contributed by atoms with Crippen molar-refractivity contribution in [1.82, 2.24) is 20.0 Å². The molecule has 33 heavy (non-hydrogen) atoms. The van der Waals surface area contributed by atoms with Gasteiger partial charge in [-0.15, -0.1) is 0 Å². The number of aromatic nitrogens is 3. The summed E-state index contributed by atoms with van der Waals surface area (Å²) in [7, 11) is 1.62. The molecular formula is C23H19BrN6OS2. The van der Waals surface area contributed by atoms with Gasteiger partial charge >= 0.3 is 0 Å². The number of anilines is 2. The molecule has 3 aromatic carbocycles. The first-order valence-electron chi connectivity index (χ1n) is 9.83. The molecule has 0 saturated carbocycles. The van der Waals surface area contributed by atoms with Crippen LogP contribution in [0.2, 0.25) is 0 Å². The number of hydrogen-bond acceptors (Lipinski definition) is 6. The number of nitrogens with one attached hydrogen (secondary N) is 3. The highest BCUT2D eigenvalue weighted by atomic mass is 79.9. The Balaban J connectivity index is 1.62. The van der Waals surface area contributed by atoms with E-state index < -0.39 is 0 Å². The maximum atomic E-state index is 5.62. The van der Waals surface area contributed by atoms with Crippen molar-refractivity contribution in [1.29, 1.82) is 0 Å². The van der Waals surface area contributed by atoms with Crippen LogP contribution in [0, 0.1) is 4.77 Å². The lowest BCUT2D eigenvalue weighted by atomic mass is 10.2. The first-order chi connectivity index (χ1) is 16.0. The third-order valence-corrected chi connectivity index (χ3v) is 5.58. The summed E-state index contributed by atoms with van der Waals surface area (Å²) >= 11 is 14.5. The largest absolute Gasteiger partial charge is 0.497 e. The summed E-state index contributed by atoms with van der Waals surface area (Å²) in [6, 6.07) is 24.8. The number of hydrogen-bond donors (Lipinski definition) is 3. The number of rotatable bonds is 6. The molecular weight excluding hydrogens is 520 g/mol. The summed E-state index contributed by atoms with van der Waals surface area (Å²) < 4.78 is 8.22. The molecule has 10 heteroatoms. The fourth-order valence-electron chi connectivity index (χ4n) is 2.98. The van der Waals surface area contributed by atoms with Gasteiger partial charge in [0.1, 0.15) is 5.75 Å². The molecule has 4 aromatic rings. The molecule has 3 N–H and O–H groups in total. The van der Waals surface area contributed by atoms with E-state index in [4.69, 9.17) is 34.2 Å². The van der Waals surface area contributed by atoms with E-state index in [1.807, 2.05) is 78.9 Å². The zero-order valence-electron chi connectivity index (χ0n) is 17.4. The molecule has 0 radical (unpaired) electrons. The molecule has 0 unspecified atom stereocenters. The van der Waals surface area contributed by atoms with Gasteiger partial charge in [0.2, 0.25) is 10.7 Å². The van der Waals surface area contributed by atoms with E-state index in [9.17, 15) is 0 Å². The van der Waals surface area contributed by atoms with Crippen molar-refractivity contribution in [3.8, 4) is 22.8 Å². The van der Waals surface area contributed by atoms with Crippen molar-refractivity contribution in [3.05, 3.63) is 88.1 Å². The van der Waals surface area contributed by atoms with Gasteiger partial charge in [0.15, 0.2) is 10.9 Å². The second kappa shape index (κ2) is 10.5. The topological polar surface area (TPSA) is 76.0 Å². The zero-order valence-corrected chi connectivity index (χ0v) is 20.7. The number of nitrogens with zero attached hydrogens (tertiary/aromatic N) is 3. The fraction of sp³-hybridized carbons (Fsp3) is 0.0435. The van der Waals surface area contributed by atoms with Crippen molar-refractivity contribution >= 4 is 57.1 Å².